The summed E-state index contributed by atoms with van der Waals surface area (Å²) in [6.45, 7) is 8.35. The number of hydrogen-bond acceptors (Lipinski definition) is 3. The predicted octanol–water partition coefficient (Wildman–Crippen LogP) is 2.28. The van der Waals surface area contributed by atoms with Gasteiger partial charge in [0.15, 0.2) is 0 Å². The van der Waals surface area contributed by atoms with Crippen molar-refractivity contribution in [2.75, 3.05) is 6.54 Å². The second-order valence-electron chi connectivity index (χ2n) is 6.12. The monoisotopic (exact) mass is 300 g/mol. The molecular formula is C17H24N4O. The van der Waals surface area contributed by atoms with Crippen LogP contribution in [0.1, 0.15) is 36.8 Å². The number of aromatic nitrogens is 2. The first-order valence-corrected chi connectivity index (χ1v) is 7.51. The van der Waals surface area contributed by atoms with E-state index in [2.05, 4.69) is 10.4 Å². The van der Waals surface area contributed by atoms with E-state index in [0.717, 1.165) is 11.4 Å². The maximum atomic E-state index is 12.6. The Balaban J connectivity index is 2.28. The molecule has 2 aromatic rings. The zero-order valence-corrected chi connectivity index (χ0v) is 13.6. The van der Waals surface area contributed by atoms with Crippen molar-refractivity contribution in [1.82, 2.24) is 15.1 Å². The molecule has 0 saturated carbocycles. The van der Waals surface area contributed by atoms with Crippen LogP contribution in [0.5, 0.6) is 0 Å². The number of carbonyl (C=O) groups is 1. The van der Waals surface area contributed by atoms with Gasteiger partial charge in [-0.2, -0.15) is 5.10 Å². The molecule has 1 unspecified atom stereocenters. The van der Waals surface area contributed by atoms with E-state index in [9.17, 15) is 4.79 Å². The number of carbonyl (C=O) groups excluding carboxylic acids is 1. The number of amides is 1. The molecule has 2 rings (SSSR count). The fourth-order valence-electron chi connectivity index (χ4n) is 2.22. The van der Waals surface area contributed by atoms with Gasteiger partial charge in [-0.1, -0.05) is 32.0 Å². The summed E-state index contributed by atoms with van der Waals surface area (Å²) in [6, 6.07) is 9.76. The van der Waals surface area contributed by atoms with E-state index in [1.54, 1.807) is 10.9 Å². The van der Waals surface area contributed by atoms with Gasteiger partial charge in [0.05, 0.1) is 28.7 Å². The zero-order chi connectivity index (χ0) is 16.3. The van der Waals surface area contributed by atoms with Crippen molar-refractivity contribution in [3.05, 3.63) is 47.8 Å². The summed E-state index contributed by atoms with van der Waals surface area (Å²) >= 11 is 0. The molecule has 1 aromatic carbocycles. The summed E-state index contributed by atoms with van der Waals surface area (Å²) in [4.78, 5) is 12.6. The Bertz CT molecular complexity index is 648. The van der Waals surface area contributed by atoms with Crippen LogP contribution in [0.4, 0.5) is 0 Å². The van der Waals surface area contributed by atoms with Crippen LogP contribution in [0.3, 0.4) is 0 Å². The molecule has 3 N–H and O–H groups in total. The van der Waals surface area contributed by atoms with Crippen molar-refractivity contribution in [3.63, 3.8) is 0 Å². The second-order valence-corrected chi connectivity index (χ2v) is 6.12. The summed E-state index contributed by atoms with van der Waals surface area (Å²) < 4.78 is 1.77. The molecule has 0 aliphatic carbocycles. The molecule has 22 heavy (non-hydrogen) atoms. The third-order valence-electron chi connectivity index (χ3n) is 4.35. The normalized spacial score (nSPS) is 13.9. The van der Waals surface area contributed by atoms with E-state index < -0.39 is 5.54 Å². The Morgan fingerprint density at radius 3 is 2.55 bits per heavy atom. The molecule has 0 spiro atoms. The van der Waals surface area contributed by atoms with Gasteiger partial charge in [0.1, 0.15) is 0 Å². The first kappa shape index (κ1) is 16.2. The lowest BCUT2D eigenvalue weighted by Crippen LogP contribution is -2.55. The second kappa shape index (κ2) is 6.32. The standard InChI is InChI=1S/C17H24N4O/c1-12(2)17(4,11-18)20-16(22)15-10-19-21(13(15)3)14-8-6-5-7-9-14/h5-10,12H,11,18H2,1-4H3,(H,20,22). The van der Waals surface area contributed by atoms with Crippen LogP contribution in [0, 0.1) is 12.8 Å². The number of benzene rings is 1. The summed E-state index contributed by atoms with van der Waals surface area (Å²) in [5.74, 6) is 0.104. The van der Waals surface area contributed by atoms with Crippen molar-refractivity contribution in [2.45, 2.75) is 33.2 Å². The van der Waals surface area contributed by atoms with E-state index in [1.807, 2.05) is 58.0 Å². The average Bonchev–Trinajstić information content (AvgIpc) is 2.89. The predicted molar refractivity (Wildman–Crippen MR) is 88.1 cm³/mol. The Morgan fingerprint density at radius 1 is 1.36 bits per heavy atom. The fraction of sp³-hybridized carbons (Fsp3) is 0.412. The number of nitrogens with two attached hydrogens (primary N) is 1. The minimum Gasteiger partial charge on any atom is -0.345 e. The molecular weight excluding hydrogens is 276 g/mol. The van der Waals surface area contributed by atoms with Gasteiger partial charge < -0.3 is 11.1 Å². The van der Waals surface area contributed by atoms with Gasteiger partial charge in [0, 0.05) is 6.54 Å². The first-order valence-electron chi connectivity index (χ1n) is 7.51. The molecule has 1 heterocycles. The first-order chi connectivity index (χ1) is 10.4. The van der Waals surface area contributed by atoms with E-state index in [4.69, 9.17) is 5.73 Å². The minimum absolute atomic E-state index is 0.138. The topological polar surface area (TPSA) is 72.9 Å². The van der Waals surface area contributed by atoms with E-state index >= 15 is 0 Å². The van der Waals surface area contributed by atoms with Crippen LogP contribution in [0.15, 0.2) is 36.5 Å². The Kier molecular flexibility index (Phi) is 4.66. The number of hydrogen-bond donors (Lipinski definition) is 2. The summed E-state index contributed by atoms with van der Waals surface area (Å²) in [6.07, 6.45) is 1.61. The summed E-state index contributed by atoms with van der Waals surface area (Å²) in [5, 5.41) is 7.38. The van der Waals surface area contributed by atoms with Crippen molar-refractivity contribution >= 4 is 5.91 Å². The van der Waals surface area contributed by atoms with Crippen molar-refractivity contribution in [2.24, 2.45) is 11.7 Å². The number of para-hydroxylation sites is 1. The molecule has 0 aliphatic heterocycles. The largest absolute Gasteiger partial charge is 0.345 e. The fourth-order valence-corrected chi connectivity index (χ4v) is 2.22. The van der Waals surface area contributed by atoms with Crippen molar-refractivity contribution in [3.8, 4) is 5.69 Å². The maximum Gasteiger partial charge on any atom is 0.255 e. The van der Waals surface area contributed by atoms with Gasteiger partial charge in [-0.05, 0) is 31.9 Å². The molecule has 5 nitrogen and oxygen atoms in total. The van der Waals surface area contributed by atoms with Gasteiger partial charge in [-0.3, -0.25) is 4.79 Å². The SMILES string of the molecule is Cc1c(C(=O)NC(C)(CN)C(C)C)cnn1-c1ccccc1. The molecule has 5 heteroatoms. The lowest BCUT2D eigenvalue weighted by Gasteiger charge is -2.33. The van der Waals surface area contributed by atoms with Crippen LogP contribution in [-0.2, 0) is 0 Å². The smallest absolute Gasteiger partial charge is 0.255 e. The van der Waals surface area contributed by atoms with Gasteiger partial charge in [-0.25, -0.2) is 4.68 Å². The maximum absolute atomic E-state index is 12.6. The number of rotatable bonds is 5. The Labute approximate surface area is 131 Å². The lowest BCUT2D eigenvalue weighted by atomic mass is 9.88. The van der Waals surface area contributed by atoms with Crippen LogP contribution in [0.25, 0.3) is 5.69 Å². The third kappa shape index (κ3) is 3.04. The minimum atomic E-state index is -0.432. The third-order valence-corrected chi connectivity index (χ3v) is 4.35. The Hall–Kier alpha value is -2.14. The summed E-state index contributed by atoms with van der Waals surface area (Å²) in [7, 11) is 0. The molecule has 0 bridgehead atoms. The van der Waals surface area contributed by atoms with Crippen LogP contribution >= 0.6 is 0 Å². The van der Waals surface area contributed by atoms with Gasteiger partial charge >= 0.3 is 0 Å². The van der Waals surface area contributed by atoms with Crippen molar-refractivity contribution < 1.29 is 4.79 Å². The molecule has 1 atom stereocenters. The van der Waals surface area contributed by atoms with E-state index in [-0.39, 0.29) is 11.8 Å². The van der Waals surface area contributed by atoms with E-state index in [1.165, 1.54) is 0 Å². The highest BCUT2D eigenvalue weighted by Crippen LogP contribution is 2.18. The van der Waals surface area contributed by atoms with Gasteiger partial charge in [0.2, 0.25) is 0 Å². The number of nitrogens with one attached hydrogen (secondary N) is 1. The molecule has 118 valence electrons. The molecule has 1 aromatic heterocycles. The number of nitrogens with zero attached hydrogens (tertiary/aromatic N) is 2. The van der Waals surface area contributed by atoms with Gasteiger partial charge in [0.25, 0.3) is 5.91 Å². The van der Waals surface area contributed by atoms with Crippen LogP contribution < -0.4 is 11.1 Å². The Morgan fingerprint density at radius 2 is 2.00 bits per heavy atom. The average molecular weight is 300 g/mol. The quantitative estimate of drug-likeness (QED) is 0.889. The molecule has 1 amide bonds. The lowest BCUT2D eigenvalue weighted by molar-refractivity contribution is 0.0882. The highest BCUT2D eigenvalue weighted by molar-refractivity contribution is 5.95. The van der Waals surface area contributed by atoms with Crippen LogP contribution in [-0.4, -0.2) is 27.8 Å². The molecule has 0 saturated heterocycles. The highest BCUT2D eigenvalue weighted by atomic mass is 16.1. The molecule has 0 fully saturated rings. The highest BCUT2D eigenvalue weighted by Gasteiger charge is 2.30. The molecule has 0 radical (unpaired) electrons. The van der Waals surface area contributed by atoms with E-state index in [0.29, 0.717) is 12.1 Å². The van der Waals surface area contributed by atoms with Crippen LogP contribution in [0.2, 0.25) is 0 Å². The van der Waals surface area contributed by atoms with Crippen molar-refractivity contribution in [1.29, 1.82) is 0 Å². The zero-order valence-electron chi connectivity index (χ0n) is 13.6. The molecule has 0 aliphatic rings. The summed E-state index contributed by atoms with van der Waals surface area (Å²) in [5.41, 5.74) is 7.72. The van der Waals surface area contributed by atoms with Gasteiger partial charge in [-0.15, -0.1) is 0 Å².